The minimum atomic E-state index is 0.149. The molecular formula is C11H21N3OS. The van der Waals surface area contributed by atoms with Crippen molar-refractivity contribution in [1.29, 1.82) is 0 Å². The summed E-state index contributed by atoms with van der Waals surface area (Å²) in [7, 11) is 3.64. The van der Waals surface area contributed by atoms with Gasteiger partial charge in [-0.1, -0.05) is 0 Å². The highest BCUT2D eigenvalue weighted by atomic mass is 32.2. The Balaban J connectivity index is 1.88. The fourth-order valence-electron chi connectivity index (χ4n) is 2.37. The topological polar surface area (TPSA) is 35.6 Å². The second-order valence-electron chi connectivity index (χ2n) is 4.79. The molecule has 4 nitrogen and oxygen atoms in total. The number of hydrogen-bond acceptors (Lipinski definition) is 3. The average Bonchev–Trinajstić information content (AvgIpc) is 2.30. The third-order valence-corrected chi connectivity index (χ3v) is 4.97. The van der Waals surface area contributed by atoms with Gasteiger partial charge < -0.3 is 15.1 Å². The predicted octanol–water partition coefficient (Wildman–Crippen LogP) is 1.19. The van der Waals surface area contributed by atoms with Gasteiger partial charge in [-0.2, -0.15) is 0 Å². The average molecular weight is 243 g/mol. The van der Waals surface area contributed by atoms with E-state index in [0.717, 1.165) is 32.5 Å². The molecule has 0 bridgehead atoms. The lowest BCUT2D eigenvalue weighted by Gasteiger charge is -2.44. The van der Waals surface area contributed by atoms with Crippen LogP contribution in [0.3, 0.4) is 0 Å². The van der Waals surface area contributed by atoms with Gasteiger partial charge in [-0.25, -0.2) is 4.79 Å². The maximum absolute atomic E-state index is 11.8. The lowest BCUT2D eigenvalue weighted by atomic mass is 10.0. The second-order valence-corrected chi connectivity index (χ2v) is 6.27. The van der Waals surface area contributed by atoms with E-state index >= 15 is 0 Å². The molecule has 0 aromatic heterocycles. The van der Waals surface area contributed by atoms with Gasteiger partial charge in [0.25, 0.3) is 0 Å². The van der Waals surface area contributed by atoms with Crippen LogP contribution in [0.5, 0.6) is 0 Å². The number of likely N-dealkylation sites (tertiary alicyclic amines) is 1. The summed E-state index contributed by atoms with van der Waals surface area (Å²) >= 11 is 2.05. The Morgan fingerprint density at radius 2 is 2.06 bits per heavy atom. The molecule has 2 amide bonds. The highest BCUT2D eigenvalue weighted by Gasteiger charge is 2.37. The summed E-state index contributed by atoms with van der Waals surface area (Å²) in [6.07, 6.45) is 3.43. The first-order valence-electron chi connectivity index (χ1n) is 5.98. The fourth-order valence-corrected chi connectivity index (χ4v) is 3.72. The van der Waals surface area contributed by atoms with E-state index in [4.69, 9.17) is 0 Å². The minimum absolute atomic E-state index is 0.149. The molecule has 0 radical (unpaired) electrons. The Morgan fingerprint density at radius 1 is 1.38 bits per heavy atom. The zero-order chi connectivity index (χ0) is 11.6. The number of nitrogens with zero attached hydrogens (tertiary/aromatic N) is 2. The maximum atomic E-state index is 11.8. The highest BCUT2D eigenvalue weighted by molar-refractivity contribution is 8.00. The lowest BCUT2D eigenvalue weighted by molar-refractivity contribution is 0.147. The highest BCUT2D eigenvalue weighted by Crippen LogP contribution is 2.36. The normalized spacial score (nSPS) is 24.5. The minimum Gasteiger partial charge on any atom is -0.331 e. The zero-order valence-corrected chi connectivity index (χ0v) is 11.0. The van der Waals surface area contributed by atoms with Crippen LogP contribution in [0.4, 0.5) is 4.79 Å². The SMILES string of the molecule is CN(C)C(=O)N1CCC2(CC1)NCCCS2. The molecule has 2 rings (SSSR count). The van der Waals surface area contributed by atoms with E-state index in [1.165, 1.54) is 12.2 Å². The van der Waals surface area contributed by atoms with E-state index in [2.05, 4.69) is 5.32 Å². The van der Waals surface area contributed by atoms with E-state index in [1.54, 1.807) is 4.90 Å². The molecule has 2 aliphatic rings. The molecule has 1 N–H and O–H groups in total. The van der Waals surface area contributed by atoms with Crippen LogP contribution < -0.4 is 5.32 Å². The summed E-state index contributed by atoms with van der Waals surface area (Å²) in [4.78, 5) is 15.7. The molecule has 0 aliphatic carbocycles. The molecule has 0 saturated carbocycles. The number of carbonyl (C=O) groups excluding carboxylic acids is 1. The first kappa shape index (κ1) is 12.0. The van der Waals surface area contributed by atoms with Crippen LogP contribution in [0.25, 0.3) is 0 Å². The molecule has 0 aromatic rings. The Bertz CT molecular complexity index is 254. The van der Waals surface area contributed by atoms with Crippen LogP contribution in [0.15, 0.2) is 0 Å². The summed E-state index contributed by atoms with van der Waals surface area (Å²) in [5, 5.41) is 3.63. The fraction of sp³-hybridized carbons (Fsp3) is 0.909. The van der Waals surface area contributed by atoms with Crippen molar-refractivity contribution in [1.82, 2.24) is 15.1 Å². The van der Waals surface area contributed by atoms with Crippen LogP contribution in [0, 0.1) is 0 Å². The summed E-state index contributed by atoms with van der Waals surface area (Å²) in [5.41, 5.74) is 0. The third-order valence-electron chi connectivity index (χ3n) is 3.37. The van der Waals surface area contributed by atoms with Crippen molar-refractivity contribution in [2.75, 3.05) is 39.5 Å². The van der Waals surface area contributed by atoms with Crippen LogP contribution in [0.2, 0.25) is 0 Å². The molecule has 2 saturated heterocycles. The molecule has 0 atom stereocenters. The Kier molecular flexibility index (Phi) is 3.64. The molecule has 16 heavy (non-hydrogen) atoms. The van der Waals surface area contributed by atoms with Crippen LogP contribution in [-0.2, 0) is 0 Å². The zero-order valence-electron chi connectivity index (χ0n) is 10.2. The van der Waals surface area contributed by atoms with Gasteiger partial charge >= 0.3 is 6.03 Å². The number of amides is 2. The summed E-state index contributed by atoms with van der Waals surface area (Å²) in [6.45, 7) is 2.91. The molecule has 2 heterocycles. The molecule has 1 spiro atoms. The number of thioether (sulfide) groups is 1. The van der Waals surface area contributed by atoms with Crippen molar-refractivity contribution >= 4 is 17.8 Å². The van der Waals surface area contributed by atoms with Crippen molar-refractivity contribution in [2.24, 2.45) is 0 Å². The molecule has 2 aliphatic heterocycles. The van der Waals surface area contributed by atoms with Gasteiger partial charge in [0.15, 0.2) is 0 Å². The molecular weight excluding hydrogens is 222 g/mol. The largest absolute Gasteiger partial charge is 0.331 e. The van der Waals surface area contributed by atoms with Gasteiger partial charge in [0.2, 0.25) is 0 Å². The van der Waals surface area contributed by atoms with Crippen molar-refractivity contribution < 1.29 is 4.79 Å². The third kappa shape index (κ3) is 2.46. The van der Waals surface area contributed by atoms with Gasteiger partial charge in [0.05, 0.1) is 4.87 Å². The van der Waals surface area contributed by atoms with Crippen LogP contribution in [0.1, 0.15) is 19.3 Å². The number of urea groups is 1. The van der Waals surface area contributed by atoms with Crippen molar-refractivity contribution in [2.45, 2.75) is 24.1 Å². The first-order chi connectivity index (χ1) is 7.63. The van der Waals surface area contributed by atoms with Gasteiger partial charge in [0, 0.05) is 27.2 Å². The van der Waals surface area contributed by atoms with E-state index in [9.17, 15) is 4.79 Å². The smallest absolute Gasteiger partial charge is 0.319 e. The number of hydrogen-bond donors (Lipinski definition) is 1. The number of nitrogens with one attached hydrogen (secondary N) is 1. The van der Waals surface area contributed by atoms with Crippen LogP contribution >= 0.6 is 11.8 Å². The molecule has 0 unspecified atom stereocenters. The van der Waals surface area contributed by atoms with Crippen molar-refractivity contribution in [3.63, 3.8) is 0 Å². The Morgan fingerprint density at radius 3 is 2.56 bits per heavy atom. The Hall–Kier alpha value is -0.420. The summed E-state index contributed by atoms with van der Waals surface area (Å²) in [6, 6.07) is 0.149. The van der Waals surface area contributed by atoms with Crippen molar-refractivity contribution in [3.8, 4) is 0 Å². The number of rotatable bonds is 0. The van der Waals surface area contributed by atoms with Gasteiger partial charge in [0.1, 0.15) is 0 Å². The van der Waals surface area contributed by atoms with Crippen LogP contribution in [-0.4, -0.2) is 60.2 Å². The van der Waals surface area contributed by atoms with E-state index in [1.807, 2.05) is 30.8 Å². The predicted molar refractivity (Wildman–Crippen MR) is 67.7 cm³/mol. The molecule has 2 fully saturated rings. The van der Waals surface area contributed by atoms with E-state index in [-0.39, 0.29) is 10.9 Å². The molecule has 92 valence electrons. The lowest BCUT2D eigenvalue weighted by Crippen LogP contribution is -2.55. The van der Waals surface area contributed by atoms with Gasteiger partial charge in [-0.3, -0.25) is 0 Å². The van der Waals surface area contributed by atoms with Gasteiger partial charge in [-0.05, 0) is 31.6 Å². The quantitative estimate of drug-likeness (QED) is 0.694. The Labute approximate surface area is 102 Å². The standard InChI is InChI=1S/C11H21N3OS/c1-13(2)10(15)14-7-4-11(5-8-14)12-6-3-9-16-11/h12H,3-9H2,1-2H3. The van der Waals surface area contributed by atoms with E-state index in [0.29, 0.717) is 0 Å². The second kappa shape index (κ2) is 4.84. The van der Waals surface area contributed by atoms with Crippen molar-refractivity contribution in [3.05, 3.63) is 0 Å². The number of piperidine rings is 1. The number of carbonyl (C=O) groups is 1. The maximum Gasteiger partial charge on any atom is 0.319 e. The monoisotopic (exact) mass is 243 g/mol. The molecule has 5 heteroatoms. The molecule has 0 aromatic carbocycles. The first-order valence-corrected chi connectivity index (χ1v) is 6.97. The summed E-state index contributed by atoms with van der Waals surface area (Å²) < 4.78 is 0. The summed E-state index contributed by atoms with van der Waals surface area (Å²) in [5.74, 6) is 1.26. The van der Waals surface area contributed by atoms with Gasteiger partial charge in [-0.15, -0.1) is 11.8 Å². The van der Waals surface area contributed by atoms with E-state index < -0.39 is 0 Å².